The molecule has 0 spiro atoms. The number of hydrogen-bond donors (Lipinski definition) is 2. The Kier molecular flexibility index (Phi) is 12.3. The Morgan fingerprint density at radius 3 is 2.39 bits per heavy atom. The molecular formula is C35H45N3O7S. The topological polar surface area (TPSA) is 125 Å². The van der Waals surface area contributed by atoms with Crippen LogP contribution >= 0.6 is 0 Å². The summed E-state index contributed by atoms with van der Waals surface area (Å²) in [5, 5.41) is 13.1. The lowest BCUT2D eigenvalue weighted by atomic mass is 10.0. The summed E-state index contributed by atoms with van der Waals surface area (Å²) in [5.41, 5.74) is 1.16. The summed E-state index contributed by atoms with van der Waals surface area (Å²) in [6.07, 6.45) is 1.53. The molecule has 1 aliphatic rings. The van der Waals surface area contributed by atoms with Crippen LogP contribution in [0.5, 0.6) is 5.75 Å². The molecule has 0 aliphatic carbocycles. The quantitative estimate of drug-likeness (QED) is 0.349. The minimum atomic E-state index is -3.77. The first-order chi connectivity index (χ1) is 22.0. The van der Waals surface area contributed by atoms with Gasteiger partial charge >= 0.3 is 0 Å². The van der Waals surface area contributed by atoms with Gasteiger partial charge < -0.3 is 24.8 Å². The normalized spacial score (nSPS) is 20.7. The van der Waals surface area contributed by atoms with E-state index < -0.39 is 22.2 Å². The molecule has 0 radical (unpaired) electrons. The Morgan fingerprint density at radius 2 is 1.72 bits per heavy atom. The van der Waals surface area contributed by atoms with Crippen LogP contribution < -0.4 is 10.1 Å². The maximum Gasteiger partial charge on any atom is 0.258 e. The van der Waals surface area contributed by atoms with Crippen LogP contribution in [-0.2, 0) is 14.8 Å². The van der Waals surface area contributed by atoms with E-state index in [2.05, 4.69) is 5.32 Å². The Hall–Kier alpha value is -3.77. The summed E-state index contributed by atoms with van der Waals surface area (Å²) in [7, 11) is -2.24. The molecule has 46 heavy (non-hydrogen) atoms. The number of benzene rings is 3. The van der Waals surface area contributed by atoms with Crippen molar-refractivity contribution in [1.29, 1.82) is 0 Å². The van der Waals surface area contributed by atoms with Gasteiger partial charge in [0, 0.05) is 43.9 Å². The van der Waals surface area contributed by atoms with E-state index in [1.165, 1.54) is 11.4 Å². The number of hydrogen-bond acceptors (Lipinski definition) is 7. The van der Waals surface area contributed by atoms with Gasteiger partial charge in [0.25, 0.3) is 11.8 Å². The first-order valence-electron chi connectivity index (χ1n) is 15.7. The zero-order valence-corrected chi connectivity index (χ0v) is 27.8. The monoisotopic (exact) mass is 651 g/mol. The third kappa shape index (κ3) is 8.94. The lowest BCUT2D eigenvalue weighted by Crippen LogP contribution is -2.48. The van der Waals surface area contributed by atoms with E-state index in [0.29, 0.717) is 30.0 Å². The molecule has 2 amide bonds. The molecule has 1 heterocycles. The molecule has 2 N–H and O–H groups in total. The van der Waals surface area contributed by atoms with Crippen LogP contribution in [0, 0.1) is 5.92 Å². The van der Waals surface area contributed by atoms with Gasteiger partial charge in [0.2, 0.25) is 10.0 Å². The van der Waals surface area contributed by atoms with Gasteiger partial charge in [0.1, 0.15) is 5.75 Å². The average Bonchev–Trinajstić information content (AvgIpc) is 3.06. The molecule has 0 fully saturated rings. The van der Waals surface area contributed by atoms with Crippen molar-refractivity contribution >= 4 is 27.5 Å². The number of carbonyl (C=O) groups excluding carboxylic acids is 2. The molecule has 1 aliphatic heterocycles. The second-order valence-electron chi connectivity index (χ2n) is 11.9. The van der Waals surface area contributed by atoms with Crippen LogP contribution in [0.1, 0.15) is 60.7 Å². The molecule has 0 saturated heterocycles. The van der Waals surface area contributed by atoms with Crippen LogP contribution in [0.15, 0.2) is 83.8 Å². The van der Waals surface area contributed by atoms with Crippen LogP contribution in [0.3, 0.4) is 0 Å². The maximum absolute atomic E-state index is 14.3. The predicted octanol–water partition coefficient (Wildman–Crippen LogP) is 5.06. The fourth-order valence-corrected chi connectivity index (χ4v) is 6.58. The van der Waals surface area contributed by atoms with E-state index >= 15 is 0 Å². The van der Waals surface area contributed by atoms with Gasteiger partial charge in [-0.3, -0.25) is 9.59 Å². The number of anilines is 1. The van der Waals surface area contributed by atoms with Gasteiger partial charge in [-0.25, -0.2) is 8.42 Å². The Morgan fingerprint density at radius 1 is 1.04 bits per heavy atom. The van der Waals surface area contributed by atoms with Gasteiger partial charge in [-0.1, -0.05) is 43.3 Å². The van der Waals surface area contributed by atoms with Crippen molar-refractivity contribution < 1.29 is 32.6 Å². The lowest BCUT2D eigenvalue weighted by molar-refractivity contribution is -0.00834. The van der Waals surface area contributed by atoms with Gasteiger partial charge in [-0.05, 0) is 75.6 Å². The first-order valence-corrected chi connectivity index (χ1v) is 17.2. The molecule has 0 aromatic heterocycles. The summed E-state index contributed by atoms with van der Waals surface area (Å²) >= 11 is 0. The molecule has 3 aromatic carbocycles. The number of nitrogens with one attached hydrogen (secondary N) is 1. The second kappa shape index (κ2) is 16.2. The Balaban J connectivity index is 1.65. The minimum Gasteiger partial charge on any atom is -0.490 e. The first kappa shape index (κ1) is 35.1. The van der Waals surface area contributed by atoms with E-state index in [-0.39, 0.29) is 54.0 Å². The molecule has 248 valence electrons. The van der Waals surface area contributed by atoms with E-state index in [0.717, 1.165) is 12.8 Å². The highest BCUT2D eigenvalue weighted by atomic mass is 32.2. The number of carbonyl (C=O) groups is 2. The van der Waals surface area contributed by atoms with Gasteiger partial charge in [-0.2, -0.15) is 4.31 Å². The number of ether oxygens (including phenoxy) is 2. The minimum absolute atomic E-state index is 0.0830. The van der Waals surface area contributed by atoms with Crippen molar-refractivity contribution in [3.63, 3.8) is 0 Å². The predicted molar refractivity (Wildman–Crippen MR) is 178 cm³/mol. The summed E-state index contributed by atoms with van der Waals surface area (Å²) < 4.78 is 40.6. The molecule has 4 atom stereocenters. The van der Waals surface area contributed by atoms with Crippen LogP contribution in [0.2, 0.25) is 0 Å². The molecule has 4 rings (SSSR count). The van der Waals surface area contributed by atoms with Crippen molar-refractivity contribution in [2.24, 2.45) is 5.92 Å². The molecular weight excluding hydrogens is 606 g/mol. The fraction of sp³-hybridized carbons (Fsp3) is 0.429. The van der Waals surface area contributed by atoms with Crippen LogP contribution in [0.4, 0.5) is 5.69 Å². The van der Waals surface area contributed by atoms with Crippen molar-refractivity contribution in [3.8, 4) is 5.75 Å². The number of aliphatic hydroxyl groups excluding tert-OH is 1. The van der Waals surface area contributed by atoms with Crippen LogP contribution in [0.25, 0.3) is 0 Å². The smallest absolute Gasteiger partial charge is 0.258 e. The second-order valence-corrected chi connectivity index (χ2v) is 14.0. The third-order valence-corrected chi connectivity index (χ3v) is 10.1. The fourth-order valence-electron chi connectivity index (χ4n) is 5.38. The number of nitrogens with zero attached hydrogens (tertiary/aromatic N) is 2. The molecule has 11 heteroatoms. The third-order valence-electron chi connectivity index (χ3n) is 8.23. The highest BCUT2D eigenvalue weighted by molar-refractivity contribution is 7.89. The molecule has 0 bridgehead atoms. The lowest BCUT2D eigenvalue weighted by Gasteiger charge is -2.35. The van der Waals surface area contributed by atoms with Crippen molar-refractivity contribution in [3.05, 3.63) is 90.0 Å². The summed E-state index contributed by atoms with van der Waals surface area (Å²) in [6, 6.07) is 21.5. The average molecular weight is 652 g/mol. The molecule has 3 aromatic rings. The highest BCUT2D eigenvalue weighted by Crippen LogP contribution is 2.29. The number of aliphatic hydroxyl groups is 1. The van der Waals surface area contributed by atoms with E-state index in [1.54, 1.807) is 84.6 Å². The SMILES string of the molecule is C[C@H]1CCCCO[C@H](CN(C)S(=O)(=O)c2ccccc2)[C@@H](C)CN([C@@H](C)CO)C(=O)c2cc(NC(=O)c3ccccc3)ccc2O1. The number of fused-ring (bicyclic) bond motifs is 1. The standard InChI is InChI=1S/C35H45N3O7S/c1-25-22-38(26(2)24-39)35(41)31-21-29(36-34(40)28-14-7-5-8-15-28)18-19-32(31)45-27(3)13-11-12-20-44-33(25)23-37(4)46(42,43)30-16-9-6-10-17-30/h5-10,14-19,21,25-27,33,39H,11-13,20,22-24H2,1-4H3,(H,36,40)/t25-,26-,27-,33+/m0/s1. The summed E-state index contributed by atoms with van der Waals surface area (Å²) in [4.78, 5) is 29.0. The zero-order chi connectivity index (χ0) is 33.3. The molecule has 10 nitrogen and oxygen atoms in total. The van der Waals surface area contributed by atoms with Crippen molar-refractivity contribution in [2.75, 3.05) is 38.7 Å². The van der Waals surface area contributed by atoms with Gasteiger partial charge in [-0.15, -0.1) is 0 Å². The van der Waals surface area contributed by atoms with E-state index in [4.69, 9.17) is 9.47 Å². The number of sulfonamides is 1. The molecule has 0 unspecified atom stereocenters. The van der Waals surface area contributed by atoms with Crippen molar-refractivity contribution in [1.82, 2.24) is 9.21 Å². The van der Waals surface area contributed by atoms with E-state index in [9.17, 15) is 23.1 Å². The van der Waals surface area contributed by atoms with Gasteiger partial charge in [0.05, 0.1) is 35.3 Å². The van der Waals surface area contributed by atoms with Crippen LogP contribution in [-0.4, -0.2) is 86.1 Å². The van der Waals surface area contributed by atoms with Crippen molar-refractivity contribution in [2.45, 2.75) is 63.2 Å². The molecule has 0 saturated carbocycles. The number of likely N-dealkylation sites (N-methyl/N-ethyl adjacent to an activating group) is 1. The van der Waals surface area contributed by atoms with Gasteiger partial charge in [0.15, 0.2) is 0 Å². The summed E-state index contributed by atoms with van der Waals surface area (Å²) in [6.45, 7) is 6.00. The Bertz CT molecular complexity index is 1550. The number of amides is 2. The Labute approximate surface area is 272 Å². The number of rotatable bonds is 8. The van der Waals surface area contributed by atoms with E-state index in [1.807, 2.05) is 19.9 Å². The largest absolute Gasteiger partial charge is 0.490 e. The zero-order valence-electron chi connectivity index (χ0n) is 27.0. The maximum atomic E-state index is 14.3. The highest BCUT2D eigenvalue weighted by Gasteiger charge is 2.32. The summed E-state index contributed by atoms with van der Waals surface area (Å²) in [5.74, 6) is -0.616.